The lowest BCUT2D eigenvalue weighted by molar-refractivity contribution is 0.114. The number of halogens is 5. The molecule has 0 unspecified atom stereocenters. The molecule has 0 spiro atoms. The minimum Gasteiger partial charge on any atom is -0.410 e. The Morgan fingerprint density at radius 1 is 0.842 bits per heavy atom. The standard InChI is InChI=1S/C12H13F5OSi/c1-19(2,18-6-4-3-5-6)12-10(16)8(14)7(13)9(15)11(12)17/h6H,3-5H2,1-2H3. The summed E-state index contributed by atoms with van der Waals surface area (Å²) in [5, 5.41) is -0.782. The summed E-state index contributed by atoms with van der Waals surface area (Å²) in [5.74, 6) is -9.50. The molecule has 1 fully saturated rings. The molecule has 1 saturated carbocycles. The molecule has 0 saturated heterocycles. The maximum Gasteiger partial charge on any atom is 0.225 e. The third-order valence-electron chi connectivity index (χ3n) is 3.33. The minimum absolute atomic E-state index is 0.142. The van der Waals surface area contributed by atoms with Gasteiger partial charge in [0.2, 0.25) is 14.1 Å². The second-order valence-corrected chi connectivity index (χ2v) is 8.88. The summed E-state index contributed by atoms with van der Waals surface area (Å²) >= 11 is 0. The van der Waals surface area contributed by atoms with Crippen molar-refractivity contribution in [2.75, 3.05) is 0 Å². The molecule has 19 heavy (non-hydrogen) atoms. The highest BCUT2D eigenvalue weighted by atomic mass is 28.4. The zero-order valence-corrected chi connectivity index (χ0v) is 11.5. The van der Waals surface area contributed by atoms with Crippen molar-refractivity contribution in [1.82, 2.24) is 0 Å². The summed E-state index contributed by atoms with van der Waals surface area (Å²) in [6.45, 7) is 2.87. The smallest absolute Gasteiger partial charge is 0.225 e. The number of benzene rings is 1. The first kappa shape index (κ1) is 14.5. The van der Waals surface area contributed by atoms with E-state index in [1.54, 1.807) is 0 Å². The van der Waals surface area contributed by atoms with E-state index >= 15 is 0 Å². The van der Waals surface area contributed by atoms with Crippen LogP contribution in [0.3, 0.4) is 0 Å². The average Bonchev–Trinajstić information content (AvgIpc) is 2.29. The Morgan fingerprint density at radius 3 is 1.63 bits per heavy atom. The second kappa shape index (κ2) is 4.86. The lowest BCUT2D eigenvalue weighted by Gasteiger charge is -2.34. The highest BCUT2D eigenvalue weighted by molar-refractivity contribution is 6.84. The Labute approximate surface area is 108 Å². The minimum atomic E-state index is -3.18. The van der Waals surface area contributed by atoms with Crippen LogP contribution in [0.1, 0.15) is 19.3 Å². The molecular weight excluding hydrogens is 283 g/mol. The van der Waals surface area contributed by atoms with Gasteiger partial charge >= 0.3 is 0 Å². The van der Waals surface area contributed by atoms with E-state index in [4.69, 9.17) is 4.43 Å². The molecule has 2 rings (SSSR count). The van der Waals surface area contributed by atoms with E-state index in [-0.39, 0.29) is 6.10 Å². The van der Waals surface area contributed by atoms with Crippen LogP contribution in [0, 0.1) is 29.1 Å². The molecule has 1 aromatic carbocycles. The van der Waals surface area contributed by atoms with E-state index in [9.17, 15) is 22.0 Å². The van der Waals surface area contributed by atoms with E-state index in [2.05, 4.69) is 0 Å². The quantitative estimate of drug-likeness (QED) is 0.360. The zero-order chi connectivity index (χ0) is 14.4. The van der Waals surface area contributed by atoms with Crippen molar-refractivity contribution in [1.29, 1.82) is 0 Å². The van der Waals surface area contributed by atoms with Crippen molar-refractivity contribution in [3.63, 3.8) is 0 Å². The number of hydrogen-bond acceptors (Lipinski definition) is 1. The summed E-state index contributed by atoms with van der Waals surface area (Å²) in [4.78, 5) is 0. The third-order valence-corrected chi connectivity index (χ3v) is 5.89. The summed E-state index contributed by atoms with van der Waals surface area (Å²) in [6.07, 6.45) is 2.32. The topological polar surface area (TPSA) is 9.23 Å². The fourth-order valence-corrected chi connectivity index (χ4v) is 4.56. The fourth-order valence-electron chi connectivity index (χ4n) is 2.10. The molecule has 0 aliphatic heterocycles. The van der Waals surface area contributed by atoms with Crippen LogP contribution in [-0.2, 0) is 4.43 Å². The maximum absolute atomic E-state index is 13.7. The SMILES string of the molecule is C[Si](C)(OC1CCC1)c1c(F)c(F)c(F)c(F)c1F. The van der Waals surface area contributed by atoms with Crippen molar-refractivity contribution in [2.24, 2.45) is 0 Å². The van der Waals surface area contributed by atoms with E-state index in [0.717, 1.165) is 19.3 Å². The van der Waals surface area contributed by atoms with Gasteiger partial charge in [-0.25, -0.2) is 22.0 Å². The van der Waals surface area contributed by atoms with Gasteiger partial charge in [0.1, 0.15) is 0 Å². The largest absolute Gasteiger partial charge is 0.410 e. The fraction of sp³-hybridized carbons (Fsp3) is 0.500. The average molecular weight is 296 g/mol. The van der Waals surface area contributed by atoms with E-state index < -0.39 is 42.6 Å². The molecule has 0 heterocycles. The first-order valence-corrected chi connectivity index (χ1v) is 8.86. The van der Waals surface area contributed by atoms with Crippen LogP contribution in [0.5, 0.6) is 0 Å². The van der Waals surface area contributed by atoms with Crippen LogP contribution < -0.4 is 5.19 Å². The van der Waals surface area contributed by atoms with Crippen LogP contribution in [-0.4, -0.2) is 14.4 Å². The van der Waals surface area contributed by atoms with Gasteiger partial charge in [-0.3, -0.25) is 0 Å². The Hall–Kier alpha value is -0.953. The number of rotatable bonds is 3. The van der Waals surface area contributed by atoms with E-state index in [1.165, 1.54) is 13.1 Å². The number of hydrogen-bond donors (Lipinski definition) is 0. The van der Waals surface area contributed by atoms with Gasteiger partial charge in [-0.1, -0.05) is 0 Å². The normalized spacial score (nSPS) is 16.6. The molecule has 7 heteroatoms. The Balaban J connectivity index is 2.48. The summed E-state index contributed by atoms with van der Waals surface area (Å²) < 4.78 is 72.3. The van der Waals surface area contributed by atoms with Crippen LogP contribution in [0.15, 0.2) is 0 Å². The Morgan fingerprint density at radius 2 is 1.26 bits per heavy atom. The van der Waals surface area contributed by atoms with Gasteiger partial charge in [-0.05, 0) is 32.4 Å². The molecule has 0 bridgehead atoms. The van der Waals surface area contributed by atoms with Crippen LogP contribution in [0.2, 0.25) is 13.1 Å². The van der Waals surface area contributed by atoms with Gasteiger partial charge in [-0.15, -0.1) is 0 Å². The summed E-state index contributed by atoms with van der Waals surface area (Å²) in [6, 6.07) is 0. The van der Waals surface area contributed by atoms with E-state index in [1.807, 2.05) is 0 Å². The molecule has 1 nitrogen and oxygen atoms in total. The van der Waals surface area contributed by atoms with Gasteiger partial charge in [0, 0.05) is 11.3 Å². The van der Waals surface area contributed by atoms with Crippen LogP contribution in [0.4, 0.5) is 22.0 Å². The predicted octanol–water partition coefficient (Wildman–Crippen LogP) is 3.36. The first-order chi connectivity index (χ1) is 8.75. The van der Waals surface area contributed by atoms with Gasteiger partial charge in [0.25, 0.3) is 0 Å². The molecule has 0 aromatic heterocycles. The monoisotopic (exact) mass is 296 g/mol. The molecule has 1 aliphatic carbocycles. The molecular formula is C12H13F5OSi. The van der Waals surface area contributed by atoms with Crippen molar-refractivity contribution in [3.05, 3.63) is 29.1 Å². The molecule has 0 N–H and O–H groups in total. The predicted molar refractivity (Wildman–Crippen MR) is 62.1 cm³/mol. The second-order valence-electron chi connectivity index (χ2n) is 5.13. The highest BCUT2D eigenvalue weighted by Crippen LogP contribution is 2.27. The molecule has 0 amide bonds. The first-order valence-electron chi connectivity index (χ1n) is 5.95. The molecule has 1 aliphatic rings. The highest BCUT2D eigenvalue weighted by Gasteiger charge is 2.40. The molecule has 1 aromatic rings. The Bertz CT molecular complexity index is 484. The third kappa shape index (κ3) is 2.41. The van der Waals surface area contributed by atoms with Crippen LogP contribution in [0.25, 0.3) is 0 Å². The van der Waals surface area contributed by atoms with Crippen molar-refractivity contribution in [3.8, 4) is 0 Å². The summed E-state index contributed by atoms with van der Waals surface area (Å²) in [5.41, 5.74) is 0. The van der Waals surface area contributed by atoms with Crippen molar-refractivity contribution in [2.45, 2.75) is 38.5 Å². The molecule has 106 valence electrons. The van der Waals surface area contributed by atoms with E-state index in [0.29, 0.717) is 0 Å². The van der Waals surface area contributed by atoms with Gasteiger partial charge in [0.15, 0.2) is 23.3 Å². The summed E-state index contributed by atoms with van der Waals surface area (Å²) in [7, 11) is -3.18. The Kier molecular flexibility index (Phi) is 3.70. The van der Waals surface area contributed by atoms with Crippen molar-refractivity contribution < 1.29 is 26.4 Å². The van der Waals surface area contributed by atoms with Crippen LogP contribution >= 0.6 is 0 Å². The maximum atomic E-state index is 13.7. The zero-order valence-electron chi connectivity index (χ0n) is 10.5. The van der Waals surface area contributed by atoms with Gasteiger partial charge in [0.05, 0.1) is 0 Å². The molecule has 0 radical (unpaired) electrons. The van der Waals surface area contributed by atoms with Gasteiger partial charge < -0.3 is 4.43 Å². The lowest BCUT2D eigenvalue weighted by atomic mass is 9.97. The molecule has 0 atom stereocenters. The van der Waals surface area contributed by atoms with Crippen molar-refractivity contribution >= 4 is 13.5 Å². The lowest BCUT2D eigenvalue weighted by Crippen LogP contribution is -2.52. The van der Waals surface area contributed by atoms with Gasteiger partial charge in [-0.2, -0.15) is 0 Å².